The summed E-state index contributed by atoms with van der Waals surface area (Å²) in [4.78, 5) is 11.9. The van der Waals surface area contributed by atoms with Crippen LogP contribution in [0.5, 0.6) is 0 Å². The van der Waals surface area contributed by atoms with Gasteiger partial charge in [-0.05, 0) is 47.9 Å². The Hall–Kier alpha value is -2.36. The minimum atomic E-state index is -0.270. The fraction of sp³-hybridized carbons (Fsp3) is 0.278. The summed E-state index contributed by atoms with van der Waals surface area (Å²) in [6.45, 7) is 4.77. The van der Waals surface area contributed by atoms with Crippen LogP contribution in [0.3, 0.4) is 0 Å². The van der Waals surface area contributed by atoms with Crippen LogP contribution >= 0.6 is 0 Å². The van der Waals surface area contributed by atoms with Crippen molar-refractivity contribution in [3.05, 3.63) is 59.9 Å². The Kier molecular flexibility index (Phi) is 5.53. The molecule has 22 heavy (non-hydrogen) atoms. The van der Waals surface area contributed by atoms with Crippen LogP contribution in [0.2, 0.25) is 0 Å². The summed E-state index contributed by atoms with van der Waals surface area (Å²) >= 11 is 0. The van der Waals surface area contributed by atoms with Gasteiger partial charge in [0.1, 0.15) is 5.82 Å². The third-order valence-electron chi connectivity index (χ3n) is 3.39. The minimum absolute atomic E-state index is 0.0492. The van der Waals surface area contributed by atoms with Crippen molar-refractivity contribution in [3.8, 4) is 0 Å². The van der Waals surface area contributed by atoms with E-state index >= 15 is 0 Å². The molecule has 1 amide bonds. The molecule has 116 valence electrons. The van der Waals surface area contributed by atoms with E-state index in [1.54, 1.807) is 12.1 Å². The molecule has 0 atom stereocenters. The first-order valence-electron chi connectivity index (χ1n) is 7.44. The van der Waals surface area contributed by atoms with Crippen LogP contribution < -0.4 is 10.6 Å². The molecule has 0 bridgehead atoms. The van der Waals surface area contributed by atoms with Gasteiger partial charge in [-0.1, -0.05) is 26.0 Å². The molecule has 0 fully saturated rings. The van der Waals surface area contributed by atoms with E-state index in [1.807, 2.05) is 24.3 Å². The molecule has 0 saturated carbocycles. The first-order chi connectivity index (χ1) is 10.5. The first-order valence-corrected chi connectivity index (χ1v) is 7.44. The standard InChI is InChI=1S/C18H21FN2O/c1-13(2)14-3-7-17(8-4-14)21-18(22)11-12-20-16-9-5-15(19)6-10-16/h3-10,13,20H,11-12H2,1-2H3,(H,21,22). The van der Waals surface area contributed by atoms with Crippen LogP contribution in [0.25, 0.3) is 0 Å². The first kappa shape index (κ1) is 16.0. The van der Waals surface area contributed by atoms with Crippen molar-refractivity contribution in [2.45, 2.75) is 26.2 Å². The number of nitrogens with one attached hydrogen (secondary N) is 2. The van der Waals surface area contributed by atoms with Gasteiger partial charge in [0, 0.05) is 24.3 Å². The Morgan fingerprint density at radius 3 is 2.18 bits per heavy atom. The third kappa shape index (κ3) is 4.88. The second kappa shape index (κ2) is 7.59. The smallest absolute Gasteiger partial charge is 0.226 e. The zero-order chi connectivity index (χ0) is 15.9. The molecule has 0 aliphatic carbocycles. The molecule has 3 nitrogen and oxygen atoms in total. The van der Waals surface area contributed by atoms with Crippen molar-refractivity contribution in [1.82, 2.24) is 0 Å². The summed E-state index contributed by atoms with van der Waals surface area (Å²) in [7, 11) is 0. The van der Waals surface area contributed by atoms with E-state index in [4.69, 9.17) is 0 Å². The van der Waals surface area contributed by atoms with Crippen LogP contribution in [0.15, 0.2) is 48.5 Å². The van der Waals surface area contributed by atoms with Gasteiger partial charge in [0.25, 0.3) is 0 Å². The lowest BCUT2D eigenvalue weighted by atomic mass is 10.0. The lowest BCUT2D eigenvalue weighted by Gasteiger charge is -2.09. The molecule has 2 aromatic rings. The van der Waals surface area contributed by atoms with Crippen molar-refractivity contribution in [3.63, 3.8) is 0 Å². The lowest BCUT2D eigenvalue weighted by Crippen LogP contribution is -2.16. The van der Waals surface area contributed by atoms with Crippen LogP contribution in [-0.4, -0.2) is 12.5 Å². The molecule has 0 spiro atoms. The maximum Gasteiger partial charge on any atom is 0.226 e. The fourth-order valence-corrected chi connectivity index (χ4v) is 2.06. The van der Waals surface area contributed by atoms with Gasteiger partial charge in [-0.15, -0.1) is 0 Å². The minimum Gasteiger partial charge on any atom is -0.385 e. The van der Waals surface area contributed by atoms with Gasteiger partial charge in [0.05, 0.1) is 0 Å². The van der Waals surface area contributed by atoms with Crippen molar-refractivity contribution in [1.29, 1.82) is 0 Å². The highest BCUT2D eigenvalue weighted by Crippen LogP contribution is 2.17. The molecular formula is C18H21FN2O. The number of hydrogen-bond donors (Lipinski definition) is 2. The van der Waals surface area contributed by atoms with Crippen LogP contribution in [0.4, 0.5) is 15.8 Å². The van der Waals surface area contributed by atoms with Crippen LogP contribution in [0.1, 0.15) is 31.7 Å². The van der Waals surface area contributed by atoms with Crippen molar-refractivity contribution in [2.75, 3.05) is 17.2 Å². The summed E-state index contributed by atoms with van der Waals surface area (Å²) in [6, 6.07) is 14.0. The second-order valence-electron chi connectivity index (χ2n) is 5.51. The van der Waals surface area contributed by atoms with E-state index in [0.717, 1.165) is 11.4 Å². The van der Waals surface area contributed by atoms with Gasteiger partial charge in [-0.2, -0.15) is 0 Å². The highest BCUT2D eigenvalue weighted by atomic mass is 19.1. The number of carbonyl (C=O) groups is 1. The third-order valence-corrected chi connectivity index (χ3v) is 3.39. The molecule has 0 aromatic heterocycles. The Bertz CT molecular complexity index is 606. The molecular weight excluding hydrogens is 279 g/mol. The number of amides is 1. The summed E-state index contributed by atoms with van der Waals surface area (Å²) in [6.07, 6.45) is 0.351. The molecule has 2 rings (SSSR count). The van der Waals surface area contributed by atoms with E-state index in [0.29, 0.717) is 18.9 Å². The highest BCUT2D eigenvalue weighted by Gasteiger charge is 2.03. The van der Waals surface area contributed by atoms with Gasteiger partial charge in [0.15, 0.2) is 0 Å². The number of anilines is 2. The number of hydrogen-bond acceptors (Lipinski definition) is 2. The van der Waals surface area contributed by atoms with E-state index in [2.05, 4.69) is 24.5 Å². The largest absolute Gasteiger partial charge is 0.385 e. The maximum atomic E-state index is 12.8. The van der Waals surface area contributed by atoms with E-state index < -0.39 is 0 Å². The summed E-state index contributed by atoms with van der Waals surface area (Å²) in [5.41, 5.74) is 2.85. The zero-order valence-corrected chi connectivity index (χ0v) is 12.9. The molecule has 2 aromatic carbocycles. The Morgan fingerprint density at radius 2 is 1.59 bits per heavy atom. The maximum absolute atomic E-state index is 12.8. The molecule has 0 heterocycles. The SMILES string of the molecule is CC(C)c1ccc(NC(=O)CCNc2ccc(F)cc2)cc1. The molecule has 0 unspecified atom stereocenters. The number of carbonyl (C=O) groups excluding carboxylic acids is 1. The summed E-state index contributed by atoms with van der Waals surface area (Å²) < 4.78 is 12.8. The monoisotopic (exact) mass is 300 g/mol. The highest BCUT2D eigenvalue weighted by molar-refractivity contribution is 5.91. The van der Waals surface area contributed by atoms with Crippen molar-refractivity contribution >= 4 is 17.3 Å². The Balaban J connectivity index is 1.76. The van der Waals surface area contributed by atoms with Gasteiger partial charge < -0.3 is 10.6 Å². The van der Waals surface area contributed by atoms with Gasteiger partial charge in [-0.3, -0.25) is 4.79 Å². The normalized spacial score (nSPS) is 10.5. The van der Waals surface area contributed by atoms with Crippen LogP contribution in [-0.2, 0) is 4.79 Å². The summed E-state index contributed by atoms with van der Waals surface area (Å²) in [5, 5.41) is 5.95. The molecule has 4 heteroatoms. The second-order valence-corrected chi connectivity index (χ2v) is 5.51. The predicted molar refractivity (Wildman–Crippen MR) is 88.7 cm³/mol. The number of halogens is 1. The van der Waals surface area contributed by atoms with Crippen molar-refractivity contribution < 1.29 is 9.18 Å². The average Bonchev–Trinajstić information content (AvgIpc) is 2.50. The Morgan fingerprint density at radius 1 is 1.00 bits per heavy atom. The lowest BCUT2D eigenvalue weighted by molar-refractivity contribution is -0.115. The predicted octanol–water partition coefficient (Wildman–Crippen LogP) is 4.39. The fourth-order valence-electron chi connectivity index (χ4n) is 2.06. The Labute approximate surface area is 130 Å². The topological polar surface area (TPSA) is 41.1 Å². The number of rotatable bonds is 6. The van der Waals surface area contributed by atoms with Crippen molar-refractivity contribution in [2.24, 2.45) is 0 Å². The molecule has 0 aliphatic heterocycles. The number of benzene rings is 2. The molecule has 2 N–H and O–H groups in total. The quantitative estimate of drug-likeness (QED) is 0.830. The van der Waals surface area contributed by atoms with E-state index in [9.17, 15) is 9.18 Å². The molecule has 0 aliphatic rings. The van der Waals surface area contributed by atoms with Gasteiger partial charge in [-0.25, -0.2) is 4.39 Å². The van der Waals surface area contributed by atoms with E-state index in [-0.39, 0.29) is 11.7 Å². The average molecular weight is 300 g/mol. The van der Waals surface area contributed by atoms with Gasteiger partial charge in [0.2, 0.25) is 5.91 Å². The van der Waals surface area contributed by atoms with E-state index in [1.165, 1.54) is 17.7 Å². The van der Waals surface area contributed by atoms with Gasteiger partial charge >= 0.3 is 0 Å². The molecule has 0 saturated heterocycles. The molecule has 0 radical (unpaired) electrons. The zero-order valence-electron chi connectivity index (χ0n) is 12.9. The van der Waals surface area contributed by atoms with Crippen LogP contribution in [0, 0.1) is 5.82 Å². The summed E-state index contributed by atoms with van der Waals surface area (Å²) in [5.74, 6) is 0.157.